The number of cyclic esters (lactones) is 1. The fourth-order valence-electron chi connectivity index (χ4n) is 4.80. The Kier molecular flexibility index (Phi) is 7.10. The highest BCUT2D eigenvalue weighted by molar-refractivity contribution is 6.00. The second-order valence-electron chi connectivity index (χ2n) is 10.6. The molecule has 0 radical (unpaired) electrons. The van der Waals surface area contributed by atoms with Crippen molar-refractivity contribution in [3.05, 3.63) is 47.8 Å². The molecule has 1 aliphatic carbocycles. The second-order valence-corrected chi connectivity index (χ2v) is 10.6. The highest BCUT2D eigenvalue weighted by Crippen LogP contribution is 2.34. The van der Waals surface area contributed by atoms with Crippen molar-refractivity contribution in [1.29, 1.82) is 5.26 Å². The number of fused-ring (bicyclic) bond motifs is 1. The molecule has 0 bridgehead atoms. The molecule has 2 amide bonds. The van der Waals surface area contributed by atoms with Gasteiger partial charge in [-0.05, 0) is 56.9 Å². The van der Waals surface area contributed by atoms with Crippen LogP contribution in [0.5, 0.6) is 0 Å². The molecule has 1 aliphatic heterocycles. The number of nitrogens with one attached hydrogen (secondary N) is 2. The smallest absolute Gasteiger partial charge is 0.409 e. The van der Waals surface area contributed by atoms with Crippen LogP contribution in [-0.2, 0) is 4.74 Å². The summed E-state index contributed by atoms with van der Waals surface area (Å²) in [4.78, 5) is 31.0. The zero-order valence-corrected chi connectivity index (χ0v) is 21.7. The summed E-state index contributed by atoms with van der Waals surface area (Å²) < 4.78 is 21.0. The third-order valence-corrected chi connectivity index (χ3v) is 7.17. The summed E-state index contributed by atoms with van der Waals surface area (Å²) >= 11 is 0. The van der Waals surface area contributed by atoms with Crippen LogP contribution < -0.4 is 10.6 Å². The van der Waals surface area contributed by atoms with Gasteiger partial charge in [-0.2, -0.15) is 10.4 Å². The quantitative estimate of drug-likeness (QED) is 0.379. The number of aliphatic hydroxyl groups is 1. The second kappa shape index (κ2) is 10.5. The standard InChI is InChI=1S/C27H30FN7O4/c1-27(2,38)24(28)14-31-25(36)20-13-30-22(23-4-3-19-9-17(11-29)12-32-35(19)23)10-21(20)33-18-7-16(8-18)15-34-5-6-39-26(34)37/h3-4,9-10,12-13,16,18,24,38H,5-8,14-15H2,1-2H3,(H,30,33)(H,31,36)/t16-,18-,24-/m1/s1. The zero-order valence-electron chi connectivity index (χ0n) is 21.7. The fourth-order valence-corrected chi connectivity index (χ4v) is 4.80. The van der Waals surface area contributed by atoms with E-state index in [1.54, 1.807) is 21.5 Å². The van der Waals surface area contributed by atoms with Crippen molar-refractivity contribution >= 4 is 23.2 Å². The lowest BCUT2D eigenvalue weighted by Crippen LogP contribution is -2.43. The Morgan fingerprint density at radius 3 is 2.82 bits per heavy atom. The number of alkyl halides is 1. The van der Waals surface area contributed by atoms with Crippen molar-refractivity contribution in [2.45, 2.75) is 44.5 Å². The van der Waals surface area contributed by atoms with E-state index in [1.165, 1.54) is 26.2 Å². The molecule has 5 rings (SSSR count). The number of nitrogens with zero attached hydrogens (tertiary/aromatic N) is 5. The molecule has 0 spiro atoms. The van der Waals surface area contributed by atoms with E-state index >= 15 is 0 Å². The average Bonchev–Trinajstić information content (AvgIpc) is 3.50. The minimum absolute atomic E-state index is 0.0705. The summed E-state index contributed by atoms with van der Waals surface area (Å²) in [6.45, 7) is 3.98. The van der Waals surface area contributed by atoms with Crippen LogP contribution in [-0.4, -0.2) is 80.7 Å². The lowest BCUT2D eigenvalue weighted by atomic mass is 9.79. The minimum atomic E-state index is -1.65. The molecule has 3 N–H and O–H groups in total. The number of aromatic nitrogens is 3. The van der Waals surface area contributed by atoms with Crippen LogP contribution in [0, 0.1) is 17.2 Å². The molecule has 3 aromatic rings. The molecule has 204 valence electrons. The highest BCUT2D eigenvalue weighted by Gasteiger charge is 2.34. The van der Waals surface area contributed by atoms with E-state index in [0.717, 1.165) is 18.4 Å². The Labute approximate surface area is 224 Å². The van der Waals surface area contributed by atoms with E-state index in [9.17, 15) is 19.1 Å². The van der Waals surface area contributed by atoms with Crippen LogP contribution in [0.3, 0.4) is 0 Å². The summed E-state index contributed by atoms with van der Waals surface area (Å²) in [7, 11) is 0. The molecule has 2 fully saturated rings. The monoisotopic (exact) mass is 535 g/mol. The van der Waals surface area contributed by atoms with E-state index in [1.807, 2.05) is 12.1 Å². The van der Waals surface area contributed by atoms with Gasteiger partial charge in [0.25, 0.3) is 5.91 Å². The van der Waals surface area contributed by atoms with Crippen molar-refractivity contribution in [2.24, 2.45) is 5.92 Å². The molecule has 3 aromatic heterocycles. The Morgan fingerprint density at radius 2 is 2.13 bits per heavy atom. The molecule has 39 heavy (non-hydrogen) atoms. The van der Waals surface area contributed by atoms with E-state index in [4.69, 9.17) is 10.00 Å². The molecule has 11 nitrogen and oxygen atoms in total. The maximum absolute atomic E-state index is 14.3. The largest absolute Gasteiger partial charge is 0.448 e. The average molecular weight is 536 g/mol. The summed E-state index contributed by atoms with van der Waals surface area (Å²) in [6.07, 6.45) is 2.59. The van der Waals surface area contributed by atoms with Gasteiger partial charge in [-0.15, -0.1) is 0 Å². The Hall–Kier alpha value is -4.24. The predicted molar refractivity (Wildman–Crippen MR) is 140 cm³/mol. The third kappa shape index (κ3) is 5.63. The molecule has 4 heterocycles. The molecule has 2 aliphatic rings. The van der Waals surface area contributed by atoms with Crippen molar-refractivity contribution in [3.63, 3.8) is 0 Å². The number of carbonyl (C=O) groups is 2. The van der Waals surface area contributed by atoms with E-state index in [-0.39, 0.29) is 24.2 Å². The number of hydrogen-bond donors (Lipinski definition) is 3. The van der Waals surface area contributed by atoms with Crippen LogP contribution in [0.25, 0.3) is 16.9 Å². The van der Waals surface area contributed by atoms with Crippen molar-refractivity contribution in [3.8, 4) is 17.5 Å². The van der Waals surface area contributed by atoms with Crippen LogP contribution in [0.15, 0.2) is 36.7 Å². The molecular weight excluding hydrogens is 505 g/mol. The fraction of sp³-hybridized carbons (Fsp3) is 0.444. The first-order chi connectivity index (χ1) is 18.6. The van der Waals surface area contributed by atoms with Crippen LogP contribution in [0.1, 0.15) is 42.6 Å². The summed E-state index contributed by atoms with van der Waals surface area (Å²) in [6, 6.07) is 9.28. The number of halogens is 1. The zero-order chi connectivity index (χ0) is 27.7. The van der Waals surface area contributed by atoms with E-state index in [2.05, 4.69) is 26.8 Å². The third-order valence-electron chi connectivity index (χ3n) is 7.17. The molecule has 1 atom stereocenters. The number of hydrogen-bond acceptors (Lipinski definition) is 8. The highest BCUT2D eigenvalue weighted by atomic mass is 19.1. The minimum Gasteiger partial charge on any atom is -0.448 e. The number of amides is 2. The van der Waals surface area contributed by atoms with Gasteiger partial charge in [0, 0.05) is 18.8 Å². The summed E-state index contributed by atoms with van der Waals surface area (Å²) in [5.74, 6) is -0.199. The first-order valence-electron chi connectivity index (χ1n) is 12.8. The molecule has 0 unspecified atom stereocenters. The van der Waals surface area contributed by atoms with E-state index in [0.29, 0.717) is 48.3 Å². The predicted octanol–water partition coefficient (Wildman–Crippen LogP) is 2.75. The number of nitriles is 1. The van der Waals surface area contributed by atoms with Gasteiger partial charge in [0.15, 0.2) is 0 Å². The van der Waals surface area contributed by atoms with Gasteiger partial charge in [-0.25, -0.2) is 13.7 Å². The van der Waals surface area contributed by atoms with Gasteiger partial charge in [-0.3, -0.25) is 9.78 Å². The Balaban J connectivity index is 1.37. The number of pyridine rings is 1. The van der Waals surface area contributed by atoms with Crippen molar-refractivity contribution < 1.29 is 23.8 Å². The molecule has 1 saturated heterocycles. The Bertz CT molecular complexity index is 1440. The maximum Gasteiger partial charge on any atom is 0.409 e. The van der Waals surface area contributed by atoms with Crippen molar-refractivity contribution in [2.75, 3.05) is 31.6 Å². The first kappa shape index (κ1) is 26.4. The lowest BCUT2D eigenvalue weighted by molar-refractivity contribution is -0.00177. The molecule has 0 aromatic carbocycles. The lowest BCUT2D eigenvalue weighted by Gasteiger charge is -2.38. The van der Waals surface area contributed by atoms with Gasteiger partial charge >= 0.3 is 6.09 Å². The summed E-state index contributed by atoms with van der Waals surface area (Å²) in [5, 5.41) is 29.4. The van der Waals surface area contributed by atoms with Gasteiger partial charge < -0.3 is 25.4 Å². The van der Waals surface area contributed by atoms with Crippen LogP contribution in [0.2, 0.25) is 0 Å². The maximum atomic E-state index is 14.3. The summed E-state index contributed by atoms with van der Waals surface area (Å²) in [5.41, 5.74) is 1.58. The molecular formula is C27H30FN7O4. The number of carbonyl (C=O) groups excluding carboxylic acids is 2. The Morgan fingerprint density at radius 1 is 1.33 bits per heavy atom. The van der Waals surface area contributed by atoms with Gasteiger partial charge in [0.05, 0.1) is 58.6 Å². The normalized spacial score (nSPS) is 19.8. The topological polar surface area (TPSA) is 145 Å². The number of rotatable bonds is 9. The SMILES string of the molecule is CC(C)(O)[C@H](F)CNC(=O)c1cnc(-c2ccc3cc(C#N)cnn23)cc1N[C@H]1C[C@H](CN2CCOC2=O)C1. The molecule has 12 heteroatoms. The van der Waals surface area contributed by atoms with Crippen molar-refractivity contribution in [1.82, 2.24) is 24.8 Å². The molecule has 1 saturated carbocycles. The van der Waals surface area contributed by atoms with E-state index < -0.39 is 17.7 Å². The first-order valence-corrected chi connectivity index (χ1v) is 12.8. The van der Waals surface area contributed by atoms with Gasteiger partial charge in [0.1, 0.15) is 18.8 Å². The van der Waals surface area contributed by atoms with Gasteiger partial charge in [-0.1, -0.05) is 0 Å². The van der Waals surface area contributed by atoms with Crippen LogP contribution in [0.4, 0.5) is 14.9 Å². The van der Waals surface area contributed by atoms with Crippen LogP contribution >= 0.6 is 0 Å². The number of ether oxygens (including phenoxy) is 1. The number of anilines is 1. The van der Waals surface area contributed by atoms with Gasteiger partial charge in [0.2, 0.25) is 0 Å².